The minimum atomic E-state index is 0.0476. The van der Waals surface area contributed by atoms with E-state index in [-0.39, 0.29) is 11.9 Å². The highest BCUT2D eigenvalue weighted by Gasteiger charge is 2.35. The highest BCUT2D eigenvalue weighted by atomic mass is 16.1. The molecule has 0 aromatic carbocycles. The number of nitrogens with zero attached hydrogens (tertiary/aromatic N) is 3. The molecule has 1 aliphatic carbocycles. The van der Waals surface area contributed by atoms with E-state index < -0.39 is 0 Å². The molecule has 0 spiro atoms. The number of rotatable bonds is 6. The summed E-state index contributed by atoms with van der Waals surface area (Å²) in [7, 11) is 1.97. The smallest absolute Gasteiger partial charge is 0.220 e. The molecule has 110 valence electrons. The fourth-order valence-corrected chi connectivity index (χ4v) is 2.55. The van der Waals surface area contributed by atoms with Gasteiger partial charge in [-0.25, -0.2) is 4.98 Å². The van der Waals surface area contributed by atoms with Crippen molar-refractivity contribution in [3.8, 4) is 0 Å². The molecule has 0 bridgehead atoms. The van der Waals surface area contributed by atoms with Crippen LogP contribution in [-0.2, 0) is 18.3 Å². The molecular weight excluding hydrogens is 264 g/mol. The molecule has 0 aliphatic heterocycles. The van der Waals surface area contributed by atoms with Crippen molar-refractivity contribution in [2.75, 3.05) is 0 Å². The van der Waals surface area contributed by atoms with Gasteiger partial charge in [0.15, 0.2) is 0 Å². The predicted molar refractivity (Wildman–Crippen MR) is 79.4 cm³/mol. The lowest BCUT2D eigenvalue weighted by molar-refractivity contribution is -0.122. The molecule has 2 aromatic rings. The first-order chi connectivity index (χ1) is 10.2. The summed E-state index contributed by atoms with van der Waals surface area (Å²) in [6.07, 6.45) is 10.8. The molecule has 1 saturated carbocycles. The molecule has 5 heteroatoms. The molecule has 21 heavy (non-hydrogen) atoms. The third kappa shape index (κ3) is 3.48. The van der Waals surface area contributed by atoms with Gasteiger partial charge in [-0.05, 0) is 36.8 Å². The van der Waals surface area contributed by atoms with Crippen molar-refractivity contribution in [1.82, 2.24) is 19.9 Å². The molecule has 1 aliphatic rings. The van der Waals surface area contributed by atoms with Gasteiger partial charge in [-0.15, -0.1) is 0 Å². The summed E-state index contributed by atoms with van der Waals surface area (Å²) in [5.74, 6) is 1.57. The lowest BCUT2D eigenvalue weighted by Crippen LogP contribution is -2.31. The fraction of sp³-hybridized carbons (Fsp3) is 0.438. The van der Waals surface area contributed by atoms with Crippen LogP contribution in [0.3, 0.4) is 0 Å². The summed E-state index contributed by atoms with van der Waals surface area (Å²) in [6.45, 7) is 0. The summed E-state index contributed by atoms with van der Waals surface area (Å²) >= 11 is 0. The Morgan fingerprint density at radius 3 is 2.95 bits per heavy atom. The number of hydrogen-bond acceptors (Lipinski definition) is 3. The number of carbonyl (C=O) groups is 1. The van der Waals surface area contributed by atoms with Gasteiger partial charge in [0, 0.05) is 38.3 Å². The standard InChI is InChI=1S/C16H20N4O/c1-20-10-9-18-16(20)15(13-5-6-13)19-14(21)7-4-12-3-2-8-17-11-12/h2-3,8-11,13,15H,4-7H2,1H3,(H,19,21)/t15-/m0/s1. The number of aryl methyl sites for hydroxylation is 2. The summed E-state index contributed by atoms with van der Waals surface area (Å²) in [5.41, 5.74) is 1.09. The van der Waals surface area contributed by atoms with Crippen LogP contribution in [0, 0.1) is 5.92 Å². The van der Waals surface area contributed by atoms with E-state index in [1.165, 1.54) is 12.8 Å². The van der Waals surface area contributed by atoms with Crippen molar-refractivity contribution in [1.29, 1.82) is 0 Å². The number of imidazole rings is 1. The van der Waals surface area contributed by atoms with Gasteiger partial charge in [0.05, 0.1) is 6.04 Å². The normalized spacial score (nSPS) is 15.7. The molecule has 1 N–H and O–H groups in total. The number of nitrogens with one attached hydrogen (secondary N) is 1. The molecule has 1 atom stereocenters. The lowest BCUT2D eigenvalue weighted by Gasteiger charge is -2.18. The highest BCUT2D eigenvalue weighted by Crippen LogP contribution is 2.40. The van der Waals surface area contributed by atoms with Crippen LogP contribution in [0.15, 0.2) is 36.9 Å². The van der Waals surface area contributed by atoms with E-state index in [4.69, 9.17) is 0 Å². The molecule has 1 fully saturated rings. The van der Waals surface area contributed by atoms with Crippen molar-refractivity contribution in [3.63, 3.8) is 0 Å². The van der Waals surface area contributed by atoms with Gasteiger partial charge in [0.1, 0.15) is 5.82 Å². The number of pyridine rings is 1. The topological polar surface area (TPSA) is 59.8 Å². The van der Waals surface area contributed by atoms with Crippen molar-refractivity contribution in [2.45, 2.75) is 31.7 Å². The number of hydrogen-bond donors (Lipinski definition) is 1. The maximum atomic E-state index is 12.2. The quantitative estimate of drug-likeness (QED) is 0.882. The largest absolute Gasteiger partial charge is 0.346 e. The fourth-order valence-electron chi connectivity index (χ4n) is 2.55. The first-order valence-corrected chi connectivity index (χ1v) is 7.39. The minimum Gasteiger partial charge on any atom is -0.346 e. The maximum absolute atomic E-state index is 12.2. The summed E-state index contributed by atoms with van der Waals surface area (Å²) in [5, 5.41) is 3.15. The van der Waals surface area contributed by atoms with E-state index in [0.29, 0.717) is 12.3 Å². The van der Waals surface area contributed by atoms with Crippen LogP contribution in [0.5, 0.6) is 0 Å². The first kappa shape index (κ1) is 13.8. The summed E-state index contributed by atoms with van der Waals surface area (Å²) in [4.78, 5) is 20.7. The second kappa shape index (κ2) is 6.08. The van der Waals surface area contributed by atoms with Crippen LogP contribution in [0.2, 0.25) is 0 Å². The average Bonchev–Trinajstić information content (AvgIpc) is 3.26. The SMILES string of the molecule is Cn1ccnc1[C@@H](NC(=O)CCc1cccnc1)C1CC1. The van der Waals surface area contributed by atoms with E-state index in [2.05, 4.69) is 15.3 Å². The molecule has 0 unspecified atom stereocenters. The third-order valence-electron chi connectivity index (χ3n) is 3.91. The molecule has 2 heterocycles. The lowest BCUT2D eigenvalue weighted by atomic mass is 10.1. The van der Waals surface area contributed by atoms with Gasteiger partial charge in [-0.2, -0.15) is 0 Å². The molecular formula is C16H20N4O. The Morgan fingerprint density at radius 2 is 2.33 bits per heavy atom. The Morgan fingerprint density at radius 1 is 1.48 bits per heavy atom. The van der Waals surface area contributed by atoms with Crippen molar-refractivity contribution >= 4 is 5.91 Å². The van der Waals surface area contributed by atoms with Crippen LogP contribution in [-0.4, -0.2) is 20.4 Å². The van der Waals surface area contributed by atoms with Gasteiger partial charge in [0.2, 0.25) is 5.91 Å². The van der Waals surface area contributed by atoms with E-state index in [0.717, 1.165) is 17.8 Å². The molecule has 3 rings (SSSR count). The monoisotopic (exact) mass is 284 g/mol. The molecule has 1 amide bonds. The number of aromatic nitrogens is 3. The second-order valence-electron chi connectivity index (χ2n) is 5.64. The first-order valence-electron chi connectivity index (χ1n) is 7.39. The Labute approximate surface area is 124 Å². The van der Waals surface area contributed by atoms with Crippen molar-refractivity contribution in [3.05, 3.63) is 48.3 Å². The van der Waals surface area contributed by atoms with Gasteiger partial charge in [-0.3, -0.25) is 9.78 Å². The zero-order chi connectivity index (χ0) is 14.7. The van der Waals surface area contributed by atoms with Gasteiger partial charge >= 0.3 is 0 Å². The third-order valence-corrected chi connectivity index (χ3v) is 3.91. The second-order valence-corrected chi connectivity index (χ2v) is 5.64. The van der Waals surface area contributed by atoms with Crippen LogP contribution in [0.25, 0.3) is 0 Å². The van der Waals surface area contributed by atoms with E-state index >= 15 is 0 Å². The van der Waals surface area contributed by atoms with Crippen LogP contribution < -0.4 is 5.32 Å². The number of carbonyl (C=O) groups excluding carboxylic acids is 1. The molecule has 5 nitrogen and oxygen atoms in total. The van der Waals surface area contributed by atoms with Crippen LogP contribution >= 0.6 is 0 Å². The minimum absolute atomic E-state index is 0.0476. The molecule has 0 radical (unpaired) electrons. The van der Waals surface area contributed by atoms with Crippen molar-refractivity contribution in [2.24, 2.45) is 13.0 Å². The van der Waals surface area contributed by atoms with Crippen LogP contribution in [0.4, 0.5) is 0 Å². The Balaban J connectivity index is 1.59. The highest BCUT2D eigenvalue weighted by molar-refractivity contribution is 5.76. The van der Waals surface area contributed by atoms with Gasteiger partial charge in [0.25, 0.3) is 0 Å². The van der Waals surface area contributed by atoms with Gasteiger partial charge in [-0.1, -0.05) is 6.07 Å². The zero-order valence-electron chi connectivity index (χ0n) is 12.2. The predicted octanol–water partition coefficient (Wildman–Crippen LogP) is 2.02. The zero-order valence-corrected chi connectivity index (χ0v) is 12.2. The molecule has 0 saturated heterocycles. The number of amides is 1. The van der Waals surface area contributed by atoms with Crippen molar-refractivity contribution < 1.29 is 4.79 Å². The summed E-state index contributed by atoms with van der Waals surface area (Å²) in [6, 6.07) is 3.94. The van der Waals surface area contributed by atoms with Gasteiger partial charge < -0.3 is 9.88 Å². The van der Waals surface area contributed by atoms with E-state index in [1.54, 1.807) is 12.4 Å². The average molecular weight is 284 g/mol. The Kier molecular flexibility index (Phi) is 3.99. The van der Waals surface area contributed by atoms with E-state index in [9.17, 15) is 4.79 Å². The molecule has 2 aromatic heterocycles. The Hall–Kier alpha value is -2.17. The Bertz CT molecular complexity index is 604. The van der Waals surface area contributed by atoms with Crippen LogP contribution in [0.1, 0.15) is 36.7 Å². The maximum Gasteiger partial charge on any atom is 0.220 e. The van der Waals surface area contributed by atoms with E-state index in [1.807, 2.05) is 36.1 Å². The summed E-state index contributed by atoms with van der Waals surface area (Å²) < 4.78 is 1.99.